The highest BCUT2D eigenvalue weighted by atomic mass is 19.4. The van der Waals surface area contributed by atoms with Crippen LogP contribution in [0.5, 0.6) is 0 Å². The van der Waals surface area contributed by atoms with E-state index in [4.69, 9.17) is 11.5 Å². The lowest BCUT2D eigenvalue weighted by Crippen LogP contribution is -2.55. The molecule has 6 N–H and O–H groups in total. The van der Waals surface area contributed by atoms with E-state index in [1.807, 2.05) is 0 Å². The Morgan fingerprint density at radius 3 is 0.875 bits per heavy atom. The molecule has 0 spiro atoms. The maximum atomic E-state index is 13.3. The van der Waals surface area contributed by atoms with Crippen LogP contribution in [0, 0.1) is 0 Å². The third kappa shape index (κ3) is 3.35. The second kappa shape index (κ2) is 6.94. The number of nitrogens with two attached hydrogens (primary N) is 2. The molecule has 0 saturated carbocycles. The molecule has 0 aromatic heterocycles. The van der Waals surface area contributed by atoms with Gasteiger partial charge in [-0.05, 0) is 12.1 Å². The van der Waals surface area contributed by atoms with Gasteiger partial charge in [0.25, 0.3) is 11.2 Å². The fourth-order valence-electron chi connectivity index (χ4n) is 3.08. The first-order valence-electron chi connectivity index (χ1n) is 7.86. The van der Waals surface area contributed by atoms with E-state index in [9.17, 15) is 62.9 Å². The lowest BCUT2D eigenvalue weighted by atomic mass is 9.81. The van der Waals surface area contributed by atoms with E-state index in [1.165, 1.54) is 0 Å². The Bertz CT molecular complexity index is 926. The lowest BCUT2D eigenvalue weighted by Gasteiger charge is -2.36. The fraction of sp³-hybridized carbons (Fsp3) is 0.375. The van der Waals surface area contributed by atoms with E-state index in [-0.39, 0.29) is 24.3 Å². The Balaban J connectivity index is 3.22. The van der Waals surface area contributed by atoms with Crippen LogP contribution < -0.4 is 11.5 Å². The molecule has 0 aliphatic rings. The number of hydrogen-bond donors (Lipinski definition) is 4. The SMILES string of the molecule is Nc1ccc(C(O)(C(F)(F)F)C(F)(F)F)c2c(N)ccc(C(O)(C(F)(F)F)C(F)(F)F)c12. The predicted molar refractivity (Wildman–Crippen MR) is 84.8 cm³/mol. The molecule has 2 aromatic carbocycles. The van der Waals surface area contributed by atoms with Gasteiger partial charge < -0.3 is 21.7 Å². The van der Waals surface area contributed by atoms with Gasteiger partial charge in [0.2, 0.25) is 0 Å². The molecule has 2 aromatic rings. The predicted octanol–water partition coefficient (Wildman–Crippen LogP) is 4.63. The topological polar surface area (TPSA) is 92.5 Å². The van der Waals surface area contributed by atoms with Crippen molar-refractivity contribution in [2.24, 2.45) is 0 Å². The molecule has 0 atom stereocenters. The van der Waals surface area contributed by atoms with E-state index in [0.29, 0.717) is 0 Å². The summed E-state index contributed by atoms with van der Waals surface area (Å²) in [5.74, 6) is 0. The minimum absolute atomic E-state index is 0.0982. The number of alkyl halides is 12. The first kappa shape index (κ1) is 25.6. The summed E-state index contributed by atoms with van der Waals surface area (Å²) < 4.78 is 160. The Labute approximate surface area is 169 Å². The Hall–Kier alpha value is -2.62. The molecule has 0 bridgehead atoms. The molecule has 0 amide bonds. The van der Waals surface area contributed by atoms with Crippen LogP contribution in [0.25, 0.3) is 10.8 Å². The van der Waals surface area contributed by atoms with Crippen molar-refractivity contribution in [1.29, 1.82) is 0 Å². The van der Waals surface area contributed by atoms with Gasteiger partial charge in [0.1, 0.15) is 0 Å². The van der Waals surface area contributed by atoms with Crippen LogP contribution in [0.1, 0.15) is 11.1 Å². The maximum absolute atomic E-state index is 13.3. The standard InChI is InChI=1S/C16H10F12N2O2/c17-13(18,19)11(31,14(20,21)22)5-1-3-7(29)10-6(2-4-8(30)9(5)10)12(32,15(23,24)25)16(26,27)28/h1-4,31-32H,29-30H2. The summed E-state index contributed by atoms with van der Waals surface area (Å²) in [4.78, 5) is 0. The highest BCUT2D eigenvalue weighted by Gasteiger charge is 2.73. The summed E-state index contributed by atoms with van der Waals surface area (Å²) in [6, 6.07) is 0.0183. The van der Waals surface area contributed by atoms with Crippen molar-refractivity contribution in [2.75, 3.05) is 11.5 Å². The van der Waals surface area contributed by atoms with Gasteiger partial charge in [-0.25, -0.2) is 0 Å². The molecule has 4 nitrogen and oxygen atoms in total. The van der Waals surface area contributed by atoms with Crippen LogP contribution in [-0.4, -0.2) is 34.9 Å². The van der Waals surface area contributed by atoms with Crippen LogP contribution >= 0.6 is 0 Å². The highest BCUT2D eigenvalue weighted by molar-refractivity contribution is 6.05. The van der Waals surface area contributed by atoms with E-state index < -0.39 is 69.2 Å². The summed E-state index contributed by atoms with van der Waals surface area (Å²) in [5.41, 5.74) is -7.82. The molecule has 0 aliphatic heterocycles. The normalized spacial score (nSPS) is 14.8. The fourth-order valence-corrected chi connectivity index (χ4v) is 3.08. The second-order valence-electron chi connectivity index (χ2n) is 6.57. The van der Waals surface area contributed by atoms with Crippen molar-refractivity contribution in [1.82, 2.24) is 0 Å². The second-order valence-corrected chi connectivity index (χ2v) is 6.57. The number of hydrogen-bond acceptors (Lipinski definition) is 4. The minimum atomic E-state index is -6.55. The molecule has 0 heterocycles. The van der Waals surface area contributed by atoms with Crippen molar-refractivity contribution >= 4 is 22.1 Å². The van der Waals surface area contributed by atoms with E-state index >= 15 is 0 Å². The molecule has 2 rings (SSSR count). The molecule has 0 saturated heterocycles. The van der Waals surface area contributed by atoms with E-state index in [2.05, 4.69) is 0 Å². The molecular formula is C16H10F12N2O2. The molecule has 0 radical (unpaired) electrons. The van der Waals surface area contributed by atoms with Crippen LogP contribution in [-0.2, 0) is 11.2 Å². The molecule has 32 heavy (non-hydrogen) atoms. The molecule has 180 valence electrons. The zero-order chi connectivity index (χ0) is 25.3. The third-order valence-corrected chi connectivity index (χ3v) is 4.65. The van der Waals surface area contributed by atoms with Gasteiger partial charge in [0, 0.05) is 33.3 Å². The van der Waals surface area contributed by atoms with E-state index in [0.717, 1.165) is 0 Å². The van der Waals surface area contributed by atoms with Crippen LogP contribution in [0.3, 0.4) is 0 Å². The zero-order valence-corrected chi connectivity index (χ0v) is 14.9. The lowest BCUT2D eigenvalue weighted by molar-refractivity contribution is -0.376. The Morgan fingerprint density at radius 2 is 0.688 bits per heavy atom. The van der Waals surface area contributed by atoms with Gasteiger partial charge in [-0.15, -0.1) is 0 Å². The summed E-state index contributed by atoms with van der Waals surface area (Å²) in [6.07, 6.45) is -26.2. The number of nitrogen functional groups attached to an aromatic ring is 2. The number of fused-ring (bicyclic) bond motifs is 1. The molecular weight excluding hydrogens is 480 g/mol. The van der Waals surface area contributed by atoms with Gasteiger partial charge in [-0.2, -0.15) is 52.7 Å². The quantitative estimate of drug-likeness (QED) is 0.365. The van der Waals surface area contributed by atoms with Crippen molar-refractivity contribution in [2.45, 2.75) is 35.9 Å². The van der Waals surface area contributed by atoms with Gasteiger partial charge in [-0.1, -0.05) is 12.1 Å². The van der Waals surface area contributed by atoms with Crippen molar-refractivity contribution in [3.8, 4) is 0 Å². The average molecular weight is 490 g/mol. The Morgan fingerprint density at radius 1 is 0.469 bits per heavy atom. The number of halogens is 12. The molecule has 16 heteroatoms. The van der Waals surface area contributed by atoms with E-state index in [1.54, 1.807) is 0 Å². The van der Waals surface area contributed by atoms with Gasteiger partial charge in [0.05, 0.1) is 0 Å². The highest BCUT2D eigenvalue weighted by Crippen LogP contribution is 2.56. The van der Waals surface area contributed by atoms with Gasteiger partial charge >= 0.3 is 24.7 Å². The summed E-state index contributed by atoms with van der Waals surface area (Å²) in [6.45, 7) is 0. The summed E-state index contributed by atoms with van der Waals surface area (Å²) >= 11 is 0. The number of benzene rings is 2. The summed E-state index contributed by atoms with van der Waals surface area (Å²) in [7, 11) is 0. The average Bonchev–Trinajstić information content (AvgIpc) is 2.57. The molecule has 0 aliphatic carbocycles. The minimum Gasteiger partial charge on any atom is -0.398 e. The Kier molecular flexibility index (Phi) is 5.56. The number of rotatable bonds is 2. The first-order valence-corrected chi connectivity index (χ1v) is 7.86. The molecule has 0 unspecified atom stereocenters. The number of aliphatic hydroxyl groups is 2. The van der Waals surface area contributed by atoms with Crippen molar-refractivity contribution in [3.05, 3.63) is 35.4 Å². The van der Waals surface area contributed by atoms with Crippen molar-refractivity contribution in [3.63, 3.8) is 0 Å². The zero-order valence-electron chi connectivity index (χ0n) is 14.9. The van der Waals surface area contributed by atoms with Crippen molar-refractivity contribution < 1.29 is 62.9 Å². The monoisotopic (exact) mass is 490 g/mol. The smallest absolute Gasteiger partial charge is 0.398 e. The van der Waals surface area contributed by atoms with Gasteiger partial charge in [-0.3, -0.25) is 0 Å². The molecule has 0 fully saturated rings. The maximum Gasteiger partial charge on any atom is 0.430 e. The third-order valence-electron chi connectivity index (χ3n) is 4.65. The number of anilines is 2. The van der Waals surface area contributed by atoms with Crippen LogP contribution in [0.15, 0.2) is 24.3 Å². The first-order chi connectivity index (χ1) is 14.0. The van der Waals surface area contributed by atoms with Gasteiger partial charge in [0.15, 0.2) is 0 Å². The van der Waals surface area contributed by atoms with Crippen LogP contribution in [0.2, 0.25) is 0 Å². The van der Waals surface area contributed by atoms with Crippen LogP contribution in [0.4, 0.5) is 64.1 Å². The largest absolute Gasteiger partial charge is 0.430 e. The summed E-state index contributed by atoms with van der Waals surface area (Å²) in [5, 5.41) is 15.8.